The van der Waals surface area contributed by atoms with Gasteiger partial charge in [0.05, 0.1) is 12.1 Å². The summed E-state index contributed by atoms with van der Waals surface area (Å²) in [7, 11) is 0. The van der Waals surface area contributed by atoms with Gasteiger partial charge < -0.3 is 5.32 Å². The zero-order valence-corrected chi connectivity index (χ0v) is 15.5. The predicted molar refractivity (Wildman–Crippen MR) is 104 cm³/mol. The summed E-state index contributed by atoms with van der Waals surface area (Å²) in [6.45, 7) is 2.02. The first-order valence-electron chi connectivity index (χ1n) is 7.17. The monoisotopic (exact) mass is 434 g/mol. The van der Waals surface area contributed by atoms with E-state index in [1.54, 1.807) is 0 Å². The van der Waals surface area contributed by atoms with Gasteiger partial charge in [-0.25, -0.2) is 4.98 Å². The summed E-state index contributed by atoms with van der Waals surface area (Å²) in [5.74, 6) is -0.0441. The van der Waals surface area contributed by atoms with Crippen LogP contribution in [0.5, 0.6) is 0 Å². The zero-order chi connectivity index (χ0) is 16.2. The van der Waals surface area contributed by atoms with Crippen LogP contribution < -0.4 is 5.32 Å². The third-order valence-corrected chi connectivity index (χ3v) is 4.91. The lowest BCUT2D eigenvalue weighted by Gasteiger charge is -2.04. The van der Waals surface area contributed by atoms with Crippen LogP contribution in [0, 0.1) is 10.5 Å². The first-order valence-corrected chi connectivity index (χ1v) is 9.13. The van der Waals surface area contributed by atoms with Crippen LogP contribution in [0.25, 0.3) is 11.3 Å². The molecule has 3 rings (SSSR count). The quantitative estimate of drug-likeness (QED) is 0.594. The highest BCUT2D eigenvalue weighted by Gasteiger charge is 2.09. The number of benzene rings is 2. The average molecular weight is 434 g/mol. The molecule has 3 nitrogen and oxygen atoms in total. The normalized spacial score (nSPS) is 10.5. The minimum Gasteiger partial charge on any atom is -0.326 e. The lowest BCUT2D eigenvalue weighted by Crippen LogP contribution is -2.14. The minimum atomic E-state index is -0.0441. The fraction of sp³-hybridized carbons (Fsp3) is 0.111. The van der Waals surface area contributed by atoms with Gasteiger partial charge in [-0.1, -0.05) is 29.8 Å². The van der Waals surface area contributed by atoms with Crippen molar-refractivity contribution < 1.29 is 4.79 Å². The number of hydrogen-bond donors (Lipinski definition) is 1. The number of aryl methyl sites for hydroxylation is 1. The topological polar surface area (TPSA) is 42.0 Å². The van der Waals surface area contributed by atoms with Crippen LogP contribution in [0.15, 0.2) is 53.9 Å². The molecule has 0 saturated heterocycles. The molecule has 0 unspecified atom stereocenters. The smallest absolute Gasteiger partial charge is 0.231 e. The Morgan fingerprint density at radius 2 is 1.83 bits per heavy atom. The van der Waals surface area contributed by atoms with Gasteiger partial charge in [-0.2, -0.15) is 0 Å². The number of nitrogens with zero attached hydrogens (tertiary/aromatic N) is 1. The summed E-state index contributed by atoms with van der Waals surface area (Å²) >= 11 is 3.79. The van der Waals surface area contributed by atoms with Gasteiger partial charge in [-0.05, 0) is 53.8 Å². The molecule has 0 saturated carbocycles. The van der Waals surface area contributed by atoms with Gasteiger partial charge in [0.15, 0.2) is 0 Å². The molecule has 0 fully saturated rings. The Bertz CT molecular complexity index is 810. The Kier molecular flexibility index (Phi) is 5.07. The molecule has 0 aliphatic heterocycles. The number of amides is 1. The van der Waals surface area contributed by atoms with E-state index in [9.17, 15) is 4.79 Å². The molecule has 2 aromatic carbocycles. The lowest BCUT2D eigenvalue weighted by atomic mass is 10.2. The van der Waals surface area contributed by atoms with Gasteiger partial charge in [0.2, 0.25) is 5.91 Å². The molecule has 0 aliphatic rings. The maximum Gasteiger partial charge on any atom is 0.231 e. The fourth-order valence-corrected chi connectivity index (χ4v) is 3.29. The van der Waals surface area contributed by atoms with E-state index >= 15 is 0 Å². The third-order valence-electron chi connectivity index (χ3n) is 3.34. The number of halogens is 1. The number of carbonyl (C=O) groups excluding carboxylic acids is 1. The second-order valence-electron chi connectivity index (χ2n) is 5.22. The molecule has 1 aromatic heterocycles. The maximum atomic E-state index is 12.1. The molecule has 1 N–H and O–H groups in total. The number of aromatic nitrogens is 1. The molecule has 1 amide bonds. The maximum absolute atomic E-state index is 12.1. The van der Waals surface area contributed by atoms with Crippen molar-refractivity contribution in [3.05, 3.63) is 68.1 Å². The van der Waals surface area contributed by atoms with E-state index in [-0.39, 0.29) is 5.91 Å². The number of anilines is 1. The summed E-state index contributed by atoms with van der Waals surface area (Å²) < 4.78 is 1.19. The van der Waals surface area contributed by atoms with Crippen molar-refractivity contribution in [1.29, 1.82) is 0 Å². The van der Waals surface area contributed by atoms with Gasteiger partial charge in [0.1, 0.15) is 5.01 Å². The van der Waals surface area contributed by atoms with E-state index < -0.39 is 0 Å². The summed E-state index contributed by atoms with van der Waals surface area (Å²) in [5.41, 5.74) is 3.98. The highest BCUT2D eigenvalue weighted by atomic mass is 127. The van der Waals surface area contributed by atoms with Crippen molar-refractivity contribution in [1.82, 2.24) is 4.98 Å². The number of hydrogen-bond acceptors (Lipinski definition) is 3. The van der Waals surface area contributed by atoms with Crippen molar-refractivity contribution in [2.75, 3.05) is 5.32 Å². The molecule has 1 heterocycles. The van der Waals surface area contributed by atoms with E-state index in [0.29, 0.717) is 6.42 Å². The second kappa shape index (κ2) is 7.23. The van der Waals surface area contributed by atoms with Gasteiger partial charge >= 0.3 is 0 Å². The Balaban J connectivity index is 1.65. The first kappa shape index (κ1) is 16.1. The zero-order valence-electron chi connectivity index (χ0n) is 12.5. The summed E-state index contributed by atoms with van der Waals surface area (Å²) in [5, 5.41) is 5.72. The van der Waals surface area contributed by atoms with Crippen molar-refractivity contribution >= 4 is 45.5 Å². The van der Waals surface area contributed by atoms with E-state index in [2.05, 4.69) is 45.0 Å². The van der Waals surface area contributed by atoms with Gasteiger partial charge in [-0.15, -0.1) is 11.3 Å². The number of nitrogens with one attached hydrogen (secondary N) is 1. The molecule has 0 bridgehead atoms. The molecule has 116 valence electrons. The minimum absolute atomic E-state index is 0.0441. The molecule has 0 aliphatic carbocycles. The Morgan fingerprint density at radius 1 is 1.13 bits per heavy atom. The largest absolute Gasteiger partial charge is 0.326 e. The predicted octanol–water partition coefficient (Wildman–Crippen LogP) is 4.90. The lowest BCUT2D eigenvalue weighted by molar-refractivity contribution is -0.115. The third kappa shape index (κ3) is 4.39. The van der Waals surface area contributed by atoms with Crippen molar-refractivity contribution in [3.8, 4) is 11.3 Å². The Hall–Kier alpha value is -1.73. The molecule has 0 radical (unpaired) electrons. The fourth-order valence-electron chi connectivity index (χ4n) is 2.12. The molecule has 23 heavy (non-hydrogen) atoms. The summed E-state index contributed by atoms with van der Waals surface area (Å²) in [6, 6.07) is 16.0. The standard InChI is InChI=1S/C18H15IN2OS/c1-12-2-8-15(9-3-12)20-17(22)10-18-21-16(11-23-18)13-4-6-14(19)7-5-13/h2-9,11H,10H2,1H3,(H,20,22). The van der Waals surface area contributed by atoms with E-state index in [1.807, 2.05) is 48.7 Å². The van der Waals surface area contributed by atoms with Crippen LogP contribution in [0.4, 0.5) is 5.69 Å². The Morgan fingerprint density at radius 3 is 2.52 bits per heavy atom. The first-order chi connectivity index (χ1) is 11.1. The van der Waals surface area contributed by atoms with Gasteiger partial charge in [0.25, 0.3) is 0 Å². The molecular weight excluding hydrogens is 419 g/mol. The van der Waals surface area contributed by atoms with Crippen LogP contribution in [0.3, 0.4) is 0 Å². The molecule has 0 spiro atoms. The number of carbonyl (C=O) groups is 1. The Labute approximate surface area is 152 Å². The molecule has 5 heteroatoms. The summed E-state index contributed by atoms with van der Waals surface area (Å²) in [4.78, 5) is 16.7. The SMILES string of the molecule is Cc1ccc(NC(=O)Cc2nc(-c3ccc(I)cc3)cs2)cc1. The average Bonchev–Trinajstić information content (AvgIpc) is 2.98. The van der Waals surface area contributed by atoms with E-state index in [0.717, 1.165) is 22.0 Å². The number of thiazole rings is 1. The van der Waals surface area contributed by atoms with Crippen LogP contribution in [-0.2, 0) is 11.2 Å². The van der Waals surface area contributed by atoms with Crippen molar-refractivity contribution in [3.63, 3.8) is 0 Å². The van der Waals surface area contributed by atoms with E-state index in [1.165, 1.54) is 20.5 Å². The van der Waals surface area contributed by atoms with Crippen molar-refractivity contribution in [2.24, 2.45) is 0 Å². The highest BCUT2D eigenvalue weighted by Crippen LogP contribution is 2.23. The van der Waals surface area contributed by atoms with Crippen LogP contribution in [0.2, 0.25) is 0 Å². The molecular formula is C18H15IN2OS. The molecule has 3 aromatic rings. The number of rotatable bonds is 4. The van der Waals surface area contributed by atoms with Crippen LogP contribution in [0.1, 0.15) is 10.6 Å². The van der Waals surface area contributed by atoms with Gasteiger partial charge in [0, 0.05) is 20.2 Å². The summed E-state index contributed by atoms with van der Waals surface area (Å²) in [6.07, 6.45) is 0.295. The van der Waals surface area contributed by atoms with E-state index in [4.69, 9.17) is 0 Å². The van der Waals surface area contributed by atoms with Crippen molar-refractivity contribution in [2.45, 2.75) is 13.3 Å². The van der Waals surface area contributed by atoms with Crippen LogP contribution in [-0.4, -0.2) is 10.9 Å². The highest BCUT2D eigenvalue weighted by molar-refractivity contribution is 14.1. The second-order valence-corrected chi connectivity index (χ2v) is 7.41. The van der Waals surface area contributed by atoms with Crippen LogP contribution >= 0.6 is 33.9 Å². The van der Waals surface area contributed by atoms with Gasteiger partial charge in [-0.3, -0.25) is 4.79 Å². The molecule has 0 atom stereocenters.